The molecule has 1 fully saturated rings. The third-order valence-electron chi connectivity index (χ3n) is 4.38. The molecule has 2 rings (SSSR count). The highest BCUT2D eigenvalue weighted by Crippen LogP contribution is 2.25. The lowest BCUT2D eigenvalue weighted by Gasteiger charge is -2.30. The van der Waals surface area contributed by atoms with Gasteiger partial charge in [0.15, 0.2) is 0 Å². The van der Waals surface area contributed by atoms with E-state index in [1.165, 1.54) is 25.7 Å². The summed E-state index contributed by atoms with van der Waals surface area (Å²) in [4.78, 5) is 15.0. The normalized spacial score (nSPS) is 17.8. The fourth-order valence-corrected chi connectivity index (χ4v) is 3.34. The summed E-state index contributed by atoms with van der Waals surface area (Å²) in [7, 11) is 1.90. The minimum atomic E-state index is -0.505. The van der Waals surface area contributed by atoms with E-state index in [0.29, 0.717) is 6.04 Å². The van der Waals surface area contributed by atoms with E-state index in [2.05, 4.69) is 0 Å². The van der Waals surface area contributed by atoms with Crippen molar-refractivity contribution < 1.29 is 4.79 Å². The van der Waals surface area contributed by atoms with Crippen LogP contribution >= 0.6 is 12.2 Å². The lowest BCUT2D eigenvalue weighted by Crippen LogP contribution is -2.43. The molecule has 2 N–H and O–H groups in total. The van der Waals surface area contributed by atoms with Crippen LogP contribution in [0.15, 0.2) is 30.3 Å². The van der Waals surface area contributed by atoms with Gasteiger partial charge in [-0.3, -0.25) is 4.79 Å². The zero-order valence-electron chi connectivity index (χ0n) is 12.6. The molecule has 0 heterocycles. The summed E-state index contributed by atoms with van der Waals surface area (Å²) in [6.45, 7) is 0. The second-order valence-corrected chi connectivity index (χ2v) is 6.31. The smallest absolute Gasteiger partial charge is 0.236 e. The minimum absolute atomic E-state index is 0.0283. The first-order valence-corrected chi connectivity index (χ1v) is 8.13. The first kappa shape index (κ1) is 16.0. The van der Waals surface area contributed by atoms with Gasteiger partial charge in [-0.25, -0.2) is 0 Å². The molecule has 0 aliphatic heterocycles. The van der Waals surface area contributed by atoms with E-state index in [-0.39, 0.29) is 10.9 Å². The quantitative estimate of drug-likeness (QED) is 0.686. The lowest BCUT2D eigenvalue weighted by atomic mass is 9.96. The maximum Gasteiger partial charge on any atom is 0.236 e. The molecule has 1 amide bonds. The summed E-state index contributed by atoms with van der Waals surface area (Å²) in [5.74, 6) is -0.477. The van der Waals surface area contributed by atoms with Crippen LogP contribution in [0.1, 0.15) is 50.0 Å². The Balaban J connectivity index is 2.16. The molecule has 0 aromatic heterocycles. The van der Waals surface area contributed by atoms with Crippen LogP contribution in [-0.4, -0.2) is 28.9 Å². The van der Waals surface area contributed by atoms with Crippen molar-refractivity contribution in [2.75, 3.05) is 7.05 Å². The highest BCUT2D eigenvalue weighted by atomic mass is 32.1. The number of rotatable bonds is 4. The van der Waals surface area contributed by atoms with Gasteiger partial charge in [0.2, 0.25) is 5.91 Å². The molecule has 0 saturated heterocycles. The second kappa shape index (κ2) is 7.55. The van der Waals surface area contributed by atoms with E-state index in [1.807, 2.05) is 42.3 Å². The number of benzene rings is 1. The number of likely N-dealkylation sites (N-methyl/N-ethyl adjacent to an activating group) is 1. The van der Waals surface area contributed by atoms with Gasteiger partial charge < -0.3 is 10.6 Å². The van der Waals surface area contributed by atoms with Gasteiger partial charge in [0, 0.05) is 13.1 Å². The van der Waals surface area contributed by atoms with E-state index >= 15 is 0 Å². The standard InChI is InChI=1S/C17H24N2OS/c1-19(14-11-7-2-3-8-12-14)17(20)15(16(18)21)13-9-5-4-6-10-13/h4-6,9-10,14-15H,2-3,7-8,11-12H2,1H3,(H2,18,21). The van der Waals surface area contributed by atoms with Crippen LogP contribution in [0.3, 0.4) is 0 Å². The van der Waals surface area contributed by atoms with Gasteiger partial charge in [0.1, 0.15) is 5.92 Å². The number of carbonyl (C=O) groups excluding carboxylic acids is 1. The predicted octanol–water partition coefficient (Wildman–Crippen LogP) is 3.24. The molecule has 0 spiro atoms. The van der Waals surface area contributed by atoms with Crippen molar-refractivity contribution in [2.45, 2.75) is 50.5 Å². The number of hydrogen-bond donors (Lipinski definition) is 1. The number of hydrogen-bond acceptors (Lipinski definition) is 2. The Morgan fingerprint density at radius 2 is 1.76 bits per heavy atom. The predicted molar refractivity (Wildman–Crippen MR) is 90.2 cm³/mol. The van der Waals surface area contributed by atoms with Gasteiger partial charge in [-0.05, 0) is 18.4 Å². The van der Waals surface area contributed by atoms with Gasteiger partial charge >= 0.3 is 0 Å². The van der Waals surface area contributed by atoms with Crippen molar-refractivity contribution in [1.82, 2.24) is 4.90 Å². The number of amides is 1. The van der Waals surface area contributed by atoms with Gasteiger partial charge in [-0.1, -0.05) is 68.2 Å². The lowest BCUT2D eigenvalue weighted by molar-refractivity contribution is -0.132. The van der Waals surface area contributed by atoms with E-state index in [4.69, 9.17) is 18.0 Å². The molecule has 1 aliphatic rings. The second-order valence-electron chi connectivity index (χ2n) is 5.84. The fourth-order valence-electron chi connectivity index (χ4n) is 3.10. The molecule has 3 nitrogen and oxygen atoms in total. The van der Waals surface area contributed by atoms with E-state index in [0.717, 1.165) is 18.4 Å². The Morgan fingerprint density at radius 3 is 2.29 bits per heavy atom. The van der Waals surface area contributed by atoms with Crippen LogP contribution in [0.5, 0.6) is 0 Å². The van der Waals surface area contributed by atoms with Crippen LogP contribution in [0.4, 0.5) is 0 Å². The Kier molecular flexibility index (Phi) is 5.74. The Bertz CT molecular complexity index is 481. The highest BCUT2D eigenvalue weighted by molar-refractivity contribution is 7.80. The first-order chi connectivity index (χ1) is 10.1. The number of carbonyl (C=O) groups is 1. The van der Waals surface area contributed by atoms with Crippen molar-refractivity contribution in [3.63, 3.8) is 0 Å². The Morgan fingerprint density at radius 1 is 1.19 bits per heavy atom. The molecule has 0 bridgehead atoms. The van der Waals surface area contributed by atoms with Crippen LogP contribution in [0, 0.1) is 0 Å². The number of nitrogens with two attached hydrogens (primary N) is 1. The first-order valence-electron chi connectivity index (χ1n) is 7.72. The summed E-state index contributed by atoms with van der Waals surface area (Å²) in [6.07, 6.45) is 7.12. The van der Waals surface area contributed by atoms with Gasteiger partial charge in [0.05, 0.1) is 4.99 Å². The van der Waals surface area contributed by atoms with Gasteiger partial charge in [0.25, 0.3) is 0 Å². The molecule has 1 unspecified atom stereocenters. The van der Waals surface area contributed by atoms with Crippen molar-refractivity contribution in [3.05, 3.63) is 35.9 Å². The fraction of sp³-hybridized carbons (Fsp3) is 0.529. The van der Waals surface area contributed by atoms with Crippen molar-refractivity contribution in [1.29, 1.82) is 0 Å². The molecule has 1 aliphatic carbocycles. The minimum Gasteiger partial charge on any atom is -0.392 e. The molecule has 1 saturated carbocycles. The maximum absolute atomic E-state index is 12.9. The Hall–Kier alpha value is -1.42. The summed E-state index contributed by atoms with van der Waals surface area (Å²) in [6, 6.07) is 9.92. The molecule has 114 valence electrons. The molecular weight excluding hydrogens is 280 g/mol. The molecule has 1 aromatic carbocycles. The largest absolute Gasteiger partial charge is 0.392 e. The molecule has 1 aromatic rings. The van der Waals surface area contributed by atoms with E-state index < -0.39 is 5.92 Å². The van der Waals surface area contributed by atoms with Crippen LogP contribution in [0.2, 0.25) is 0 Å². The summed E-state index contributed by atoms with van der Waals surface area (Å²) in [5, 5.41) is 0. The Labute approximate surface area is 132 Å². The van der Waals surface area contributed by atoms with E-state index in [1.54, 1.807) is 0 Å². The summed E-state index contributed by atoms with van der Waals surface area (Å²) >= 11 is 5.15. The molecular formula is C17H24N2OS. The molecule has 4 heteroatoms. The van der Waals surface area contributed by atoms with Crippen LogP contribution in [-0.2, 0) is 4.79 Å². The van der Waals surface area contributed by atoms with Crippen molar-refractivity contribution in [2.24, 2.45) is 5.73 Å². The zero-order chi connectivity index (χ0) is 15.2. The highest BCUT2D eigenvalue weighted by Gasteiger charge is 2.30. The van der Waals surface area contributed by atoms with E-state index in [9.17, 15) is 4.79 Å². The summed E-state index contributed by atoms with van der Waals surface area (Å²) in [5.41, 5.74) is 6.74. The van der Waals surface area contributed by atoms with Crippen LogP contribution < -0.4 is 5.73 Å². The third kappa shape index (κ3) is 4.03. The van der Waals surface area contributed by atoms with Gasteiger partial charge in [-0.2, -0.15) is 0 Å². The number of thiocarbonyl (C=S) groups is 1. The molecule has 21 heavy (non-hydrogen) atoms. The van der Waals surface area contributed by atoms with Gasteiger partial charge in [-0.15, -0.1) is 0 Å². The van der Waals surface area contributed by atoms with Crippen molar-refractivity contribution in [3.8, 4) is 0 Å². The average Bonchev–Trinajstić information content (AvgIpc) is 2.76. The average molecular weight is 304 g/mol. The molecule has 0 radical (unpaired) electrons. The zero-order valence-corrected chi connectivity index (χ0v) is 13.4. The monoisotopic (exact) mass is 304 g/mol. The van der Waals surface area contributed by atoms with Crippen LogP contribution in [0.25, 0.3) is 0 Å². The number of nitrogens with zero attached hydrogens (tertiary/aromatic N) is 1. The summed E-state index contributed by atoms with van der Waals surface area (Å²) < 4.78 is 0. The topological polar surface area (TPSA) is 46.3 Å². The third-order valence-corrected chi connectivity index (χ3v) is 4.62. The molecule has 1 atom stereocenters. The maximum atomic E-state index is 12.9. The van der Waals surface area contributed by atoms with Crippen molar-refractivity contribution >= 4 is 23.1 Å². The SMILES string of the molecule is CN(C(=O)C(C(N)=S)c1ccccc1)C1CCCCCC1.